The Kier molecular flexibility index (Phi) is 5.12. The number of phenolic OH excluding ortho intramolecular Hbond substituents is 1. The highest BCUT2D eigenvalue weighted by atomic mass is 16.5. The molecule has 0 saturated heterocycles. The maximum atomic E-state index is 10.1. The van der Waals surface area contributed by atoms with Gasteiger partial charge in [-0.3, -0.25) is 5.01 Å². The molecule has 0 atom stereocenters. The van der Waals surface area contributed by atoms with E-state index in [2.05, 4.69) is 15.1 Å². The van der Waals surface area contributed by atoms with E-state index in [1.165, 1.54) is 0 Å². The van der Waals surface area contributed by atoms with Crippen molar-refractivity contribution in [1.29, 1.82) is 0 Å². The molecule has 1 heterocycles. The van der Waals surface area contributed by atoms with Crippen LogP contribution in [-0.4, -0.2) is 35.4 Å². The van der Waals surface area contributed by atoms with Crippen molar-refractivity contribution in [3.63, 3.8) is 0 Å². The van der Waals surface area contributed by atoms with Crippen LogP contribution in [0.5, 0.6) is 11.5 Å². The van der Waals surface area contributed by atoms with Gasteiger partial charge in [0.05, 0.1) is 18.9 Å². The van der Waals surface area contributed by atoms with Gasteiger partial charge >= 0.3 is 0 Å². The number of aryl methyl sites for hydroxylation is 1. The Hall–Kier alpha value is -3.41. The van der Waals surface area contributed by atoms with E-state index < -0.39 is 0 Å². The first-order valence-electron chi connectivity index (χ1n) is 8.13. The van der Waals surface area contributed by atoms with Gasteiger partial charge in [-0.15, -0.1) is 0 Å². The van der Waals surface area contributed by atoms with Crippen LogP contribution in [0.3, 0.4) is 0 Å². The van der Waals surface area contributed by atoms with Gasteiger partial charge in [0.1, 0.15) is 11.5 Å². The Labute approximate surface area is 152 Å². The highest BCUT2D eigenvalue weighted by Gasteiger charge is 2.11. The summed E-state index contributed by atoms with van der Waals surface area (Å²) in [5.74, 6) is 1.97. The number of aromatic nitrogens is 2. The predicted molar refractivity (Wildman–Crippen MR) is 103 cm³/mol. The minimum absolute atomic E-state index is 0.143. The second-order valence-corrected chi connectivity index (χ2v) is 5.72. The number of para-hydroxylation sites is 2. The number of nitrogens with zero attached hydrogens (tertiary/aromatic N) is 4. The topological polar surface area (TPSA) is 70.8 Å². The normalized spacial score (nSPS) is 10.9. The Morgan fingerprint density at radius 2 is 1.81 bits per heavy atom. The summed E-state index contributed by atoms with van der Waals surface area (Å²) >= 11 is 0. The largest absolute Gasteiger partial charge is 0.507 e. The third kappa shape index (κ3) is 3.80. The molecule has 132 valence electrons. The summed E-state index contributed by atoms with van der Waals surface area (Å²) in [7, 11) is 3.44. The number of benzene rings is 2. The van der Waals surface area contributed by atoms with Crippen molar-refractivity contribution in [2.24, 2.45) is 5.10 Å². The molecule has 0 aliphatic carbocycles. The molecule has 0 spiro atoms. The zero-order chi connectivity index (χ0) is 18.5. The van der Waals surface area contributed by atoms with Crippen LogP contribution in [0.2, 0.25) is 0 Å². The zero-order valence-electron chi connectivity index (χ0n) is 14.9. The molecule has 0 fully saturated rings. The Morgan fingerprint density at radius 1 is 1.08 bits per heavy atom. The minimum atomic E-state index is 0.143. The van der Waals surface area contributed by atoms with Crippen LogP contribution in [0.25, 0.3) is 11.4 Å². The molecular formula is C20H20N4O2. The van der Waals surface area contributed by atoms with Crippen LogP contribution < -0.4 is 9.75 Å². The first-order chi connectivity index (χ1) is 12.6. The van der Waals surface area contributed by atoms with Gasteiger partial charge in [-0.2, -0.15) is 5.10 Å². The van der Waals surface area contributed by atoms with Gasteiger partial charge < -0.3 is 9.84 Å². The second kappa shape index (κ2) is 7.65. The van der Waals surface area contributed by atoms with Gasteiger partial charge in [0.15, 0.2) is 11.6 Å². The summed E-state index contributed by atoms with van der Waals surface area (Å²) in [5.41, 5.74) is 2.24. The molecule has 0 aliphatic rings. The maximum Gasteiger partial charge on any atom is 0.165 e. The highest BCUT2D eigenvalue weighted by Crippen LogP contribution is 2.27. The van der Waals surface area contributed by atoms with Crippen LogP contribution in [0.1, 0.15) is 11.3 Å². The van der Waals surface area contributed by atoms with Crippen molar-refractivity contribution >= 4 is 12.0 Å². The lowest BCUT2D eigenvalue weighted by Gasteiger charge is -2.14. The maximum absolute atomic E-state index is 10.1. The van der Waals surface area contributed by atoms with E-state index in [9.17, 15) is 5.11 Å². The monoisotopic (exact) mass is 348 g/mol. The van der Waals surface area contributed by atoms with E-state index in [0.717, 1.165) is 17.0 Å². The number of hydrazone groups is 1. The minimum Gasteiger partial charge on any atom is -0.507 e. The van der Waals surface area contributed by atoms with Crippen molar-refractivity contribution in [1.82, 2.24) is 9.97 Å². The van der Waals surface area contributed by atoms with Gasteiger partial charge in [0.25, 0.3) is 0 Å². The molecule has 1 N–H and O–H groups in total. The summed E-state index contributed by atoms with van der Waals surface area (Å²) in [4.78, 5) is 8.95. The molecule has 0 unspecified atom stereocenters. The van der Waals surface area contributed by atoms with E-state index in [0.29, 0.717) is 17.2 Å². The molecule has 26 heavy (non-hydrogen) atoms. The third-order valence-electron chi connectivity index (χ3n) is 3.83. The van der Waals surface area contributed by atoms with Gasteiger partial charge in [-0.05, 0) is 31.2 Å². The van der Waals surface area contributed by atoms with Gasteiger partial charge in [-0.25, -0.2) is 9.97 Å². The molecule has 0 aliphatic heterocycles. The smallest absolute Gasteiger partial charge is 0.165 e. The number of ether oxygens (including phenoxy) is 1. The lowest BCUT2D eigenvalue weighted by Crippen LogP contribution is -2.12. The van der Waals surface area contributed by atoms with E-state index in [1.807, 2.05) is 50.4 Å². The lowest BCUT2D eigenvalue weighted by molar-refractivity contribution is 0.414. The standard InChI is InChI=1S/C20H20N4O2/c1-14-12-19(23-20(22-14)16-9-5-6-10-17(16)25)24(2)21-13-15-8-4-7-11-18(15)26-3/h4-13,25H,1-3H3. The van der Waals surface area contributed by atoms with Crippen LogP contribution in [0.15, 0.2) is 59.7 Å². The molecule has 6 heteroatoms. The van der Waals surface area contributed by atoms with E-state index in [-0.39, 0.29) is 5.75 Å². The van der Waals surface area contributed by atoms with E-state index in [4.69, 9.17) is 4.74 Å². The Bertz CT molecular complexity index is 941. The number of aromatic hydroxyl groups is 1. The number of hydrogen-bond donors (Lipinski definition) is 1. The fourth-order valence-corrected chi connectivity index (χ4v) is 2.48. The van der Waals surface area contributed by atoms with Crippen molar-refractivity contribution in [2.45, 2.75) is 6.92 Å². The number of rotatable bonds is 5. The highest BCUT2D eigenvalue weighted by molar-refractivity contribution is 5.84. The molecule has 3 rings (SSSR count). The number of hydrogen-bond acceptors (Lipinski definition) is 6. The summed E-state index contributed by atoms with van der Waals surface area (Å²) in [6.45, 7) is 1.88. The Balaban J connectivity index is 1.92. The number of methoxy groups -OCH3 is 1. The first-order valence-corrected chi connectivity index (χ1v) is 8.13. The Morgan fingerprint density at radius 3 is 2.58 bits per heavy atom. The van der Waals surface area contributed by atoms with Crippen molar-refractivity contribution in [3.05, 3.63) is 65.9 Å². The summed E-state index contributed by atoms with van der Waals surface area (Å²) in [6, 6.07) is 16.5. The van der Waals surface area contributed by atoms with Crippen LogP contribution in [0, 0.1) is 6.92 Å². The first kappa shape index (κ1) is 17.4. The third-order valence-corrected chi connectivity index (χ3v) is 3.83. The van der Waals surface area contributed by atoms with E-state index >= 15 is 0 Å². The SMILES string of the molecule is COc1ccccc1C=NN(C)c1cc(C)nc(-c2ccccc2O)n1. The van der Waals surface area contributed by atoms with Crippen molar-refractivity contribution in [3.8, 4) is 22.9 Å². The van der Waals surface area contributed by atoms with Gasteiger partial charge in [-0.1, -0.05) is 24.3 Å². The summed E-state index contributed by atoms with van der Waals surface area (Å²) in [6.07, 6.45) is 1.72. The second-order valence-electron chi connectivity index (χ2n) is 5.72. The van der Waals surface area contributed by atoms with Gasteiger partial charge in [0.2, 0.25) is 0 Å². The lowest BCUT2D eigenvalue weighted by atomic mass is 10.2. The molecule has 1 aromatic heterocycles. The quantitative estimate of drug-likeness (QED) is 0.563. The average Bonchev–Trinajstić information content (AvgIpc) is 2.66. The fraction of sp³-hybridized carbons (Fsp3) is 0.150. The molecule has 3 aromatic rings. The van der Waals surface area contributed by atoms with Crippen LogP contribution >= 0.6 is 0 Å². The van der Waals surface area contributed by atoms with Crippen LogP contribution in [-0.2, 0) is 0 Å². The van der Waals surface area contributed by atoms with Crippen LogP contribution in [0.4, 0.5) is 5.82 Å². The molecule has 0 bridgehead atoms. The number of anilines is 1. The molecule has 6 nitrogen and oxygen atoms in total. The van der Waals surface area contributed by atoms with Crippen molar-refractivity contribution < 1.29 is 9.84 Å². The average molecular weight is 348 g/mol. The molecule has 0 radical (unpaired) electrons. The molecular weight excluding hydrogens is 328 g/mol. The van der Waals surface area contributed by atoms with Gasteiger partial charge in [0, 0.05) is 24.4 Å². The molecule has 0 saturated carbocycles. The fourth-order valence-electron chi connectivity index (χ4n) is 2.48. The summed E-state index contributed by atoms with van der Waals surface area (Å²) in [5, 5.41) is 16.2. The zero-order valence-corrected chi connectivity index (χ0v) is 14.9. The summed E-state index contributed by atoms with van der Waals surface area (Å²) < 4.78 is 5.33. The molecule has 0 amide bonds. The number of phenols is 1. The van der Waals surface area contributed by atoms with E-state index in [1.54, 1.807) is 36.5 Å². The molecule has 2 aromatic carbocycles. The predicted octanol–water partition coefficient (Wildman–Crippen LogP) is 3.64. The van der Waals surface area contributed by atoms with Crippen molar-refractivity contribution in [2.75, 3.05) is 19.2 Å².